The van der Waals surface area contributed by atoms with Crippen LogP contribution in [0.25, 0.3) is 0 Å². The molecule has 1 aromatic carbocycles. The van der Waals surface area contributed by atoms with Gasteiger partial charge in [-0.15, -0.1) is 0 Å². The SMILES string of the molecule is NC(=O)NN=Cc1cc(F)ccc1Cl. The summed E-state index contributed by atoms with van der Waals surface area (Å²) >= 11 is 5.71. The summed E-state index contributed by atoms with van der Waals surface area (Å²) in [5.41, 5.74) is 7.08. The highest BCUT2D eigenvalue weighted by atomic mass is 35.5. The lowest BCUT2D eigenvalue weighted by molar-refractivity contribution is 0.249. The second kappa shape index (κ2) is 4.57. The van der Waals surface area contributed by atoms with Crippen LogP contribution in [0.1, 0.15) is 5.56 Å². The van der Waals surface area contributed by atoms with Crippen LogP contribution >= 0.6 is 11.6 Å². The molecular formula is C8H7ClFN3O. The fourth-order valence-electron chi connectivity index (χ4n) is 0.779. The summed E-state index contributed by atoms with van der Waals surface area (Å²) in [5.74, 6) is -0.435. The van der Waals surface area contributed by atoms with Crippen LogP contribution in [0.3, 0.4) is 0 Å². The molecule has 0 spiro atoms. The average molecular weight is 216 g/mol. The molecule has 0 aliphatic rings. The molecule has 74 valence electrons. The topological polar surface area (TPSA) is 67.5 Å². The molecule has 0 atom stereocenters. The van der Waals surface area contributed by atoms with Gasteiger partial charge in [-0.1, -0.05) is 11.6 Å². The Morgan fingerprint density at radius 1 is 1.64 bits per heavy atom. The van der Waals surface area contributed by atoms with Crippen molar-refractivity contribution < 1.29 is 9.18 Å². The number of amides is 2. The molecule has 14 heavy (non-hydrogen) atoms. The van der Waals surface area contributed by atoms with Gasteiger partial charge in [0.05, 0.1) is 6.21 Å². The highest BCUT2D eigenvalue weighted by Crippen LogP contribution is 2.14. The Morgan fingerprint density at radius 2 is 2.36 bits per heavy atom. The van der Waals surface area contributed by atoms with Gasteiger partial charge in [-0.05, 0) is 18.2 Å². The van der Waals surface area contributed by atoms with Crippen molar-refractivity contribution >= 4 is 23.8 Å². The van der Waals surface area contributed by atoms with Crippen LogP contribution in [0.4, 0.5) is 9.18 Å². The van der Waals surface area contributed by atoms with Gasteiger partial charge in [-0.25, -0.2) is 14.6 Å². The molecular weight excluding hydrogens is 209 g/mol. The molecule has 0 heterocycles. The maximum atomic E-state index is 12.7. The van der Waals surface area contributed by atoms with Crippen molar-refractivity contribution in [2.24, 2.45) is 10.8 Å². The zero-order valence-electron chi connectivity index (χ0n) is 7.00. The maximum Gasteiger partial charge on any atom is 0.332 e. The molecule has 0 saturated heterocycles. The predicted octanol–water partition coefficient (Wildman–Crippen LogP) is 1.48. The number of nitrogens with zero attached hydrogens (tertiary/aromatic N) is 1. The van der Waals surface area contributed by atoms with E-state index in [-0.39, 0.29) is 0 Å². The molecule has 0 bridgehead atoms. The largest absolute Gasteiger partial charge is 0.350 e. The third-order valence-electron chi connectivity index (χ3n) is 1.34. The maximum absolute atomic E-state index is 12.7. The molecule has 0 aromatic heterocycles. The van der Waals surface area contributed by atoms with Gasteiger partial charge in [-0.3, -0.25) is 0 Å². The summed E-state index contributed by atoms with van der Waals surface area (Å²) in [6.07, 6.45) is 1.20. The van der Waals surface area contributed by atoms with Crippen molar-refractivity contribution in [2.45, 2.75) is 0 Å². The van der Waals surface area contributed by atoms with E-state index in [1.165, 1.54) is 24.4 Å². The molecule has 1 aromatic rings. The summed E-state index contributed by atoms with van der Waals surface area (Å²) in [7, 11) is 0. The third-order valence-corrected chi connectivity index (χ3v) is 1.68. The Bertz CT molecular complexity index is 381. The van der Waals surface area contributed by atoms with Crippen LogP contribution in [0.15, 0.2) is 23.3 Å². The number of halogens is 2. The summed E-state index contributed by atoms with van der Waals surface area (Å²) in [6, 6.07) is 3.01. The Labute approximate surface area is 84.5 Å². The van der Waals surface area contributed by atoms with Gasteiger partial charge in [0.15, 0.2) is 0 Å². The van der Waals surface area contributed by atoms with E-state index < -0.39 is 11.8 Å². The summed E-state index contributed by atoms with van der Waals surface area (Å²) in [4.78, 5) is 10.2. The number of hydrogen-bond donors (Lipinski definition) is 2. The van der Waals surface area contributed by atoms with Gasteiger partial charge in [0.1, 0.15) is 5.82 Å². The molecule has 3 N–H and O–H groups in total. The zero-order valence-corrected chi connectivity index (χ0v) is 7.75. The van der Waals surface area contributed by atoms with E-state index in [0.29, 0.717) is 10.6 Å². The third kappa shape index (κ3) is 3.02. The molecule has 1 rings (SSSR count). The second-order valence-corrected chi connectivity index (χ2v) is 2.81. The van der Waals surface area contributed by atoms with Gasteiger partial charge < -0.3 is 5.73 Å². The van der Waals surface area contributed by atoms with Crippen LogP contribution in [-0.2, 0) is 0 Å². The van der Waals surface area contributed by atoms with Gasteiger partial charge >= 0.3 is 6.03 Å². The monoisotopic (exact) mass is 215 g/mol. The number of hydrogen-bond acceptors (Lipinski definition) is 2. The van der Waals surface area contributed by atoms with Crippen LogP contribution in [0.5, 0.6) is 0 Å². The molecule has 2 amide bonds. The van der Waals surface area contributed by atoms with Crippen LogP contribution in [0.2, 0.25) is 5.02 Å². The number of benzene rings is 1. The van der Waals surface area contributed by atoms with E-state index in [9.17, 15) is 9.18 Å². The van der Waals surface area contributed by atoms with E-state index in [0.717, 1.165) is 0 Å². The second-order valence-electron chi connectivity index (χ2n) is 2.40. The average Bonchev–Trinajstić information content (AvgIpc) is 2.10. The van der Waals surface area contributed by atoms with Gasteiger partial charge in [0, 0.05) is 10.6 Å². The molecule has 4 nitrogen and oxygen atoms in total. The highest BCUT2D eigenvalue weighted by molar-refractivity contribution is 6.33. The van der Waals surface area contributed by atoms with Crippen molar-refractivity contribution in [3.63, 3.8) is 0 Å². The minimum Gasteiger partial charge on any atom is -0.350 e. The quantitative estimate of drug-likeness (QED) is 0.570. The molecule has 6 heteroatoms. The molecule has 0 aliphatic heterocycles. The van der Waals surface area contributed by atoms with Crippen molar-refractivity contribution in [1.82, 2.24) is 5.43 Å². The highest BCUT2D eigenvalue weighted by Gasteiger charge is 1.98. The lowest BCUT2D eigenvalue weighted by Crippen LogP contribution is -2.24. The lowest BCUT2D eigenvalue weighted by atomic mass is 10.2. The first-order valence-electron chi connectivity index (χ1n) is 3.63. The molecule has 0 fully saturated rings. The number of nitrogens with one attached hydrogen (secondary N) is 1. The Morgan fingerprint density at radius 3 is 3.00 bits per heavy atom. The van der Waals surface area contributed by atoms with Crippen molar-refractivity contribution in [1.29, 1.82) is 0 Å². The van der Waals surface area contributed by atoms with E-state index in [1.807, 2.05) is 5.43 Å². The van der Waals surface area contributed by atoms with Crippen LogP contribution < -0.4 is 11.2 Å². The first kappa shape index (κ1) is 10.5. The van der Waals surface area contributed by atoms with Crippen molar-refractivity contribution in [3.8, 4) is 0 Å². The lowest BCUT2D eigenvalue weighted by Gasteiger charge is -1.97. The van der Waals surface area contributed by atoms with E-state index in [4.69, 9.17) is 17.3 Å². The number of carbonyl (C=O) groups excluding carboxylic acids is 1. The van der Waals surface area contributed by atoms with Crippen LogP contribution in [0, 0.1) is 5.82 Å². The van der Waals surface area contributed by atoms with Gasteiger partial charge in [0.25, 0.3) is 0 Å². The Hall–Kier alpha value is -1.62. The molecule has 0 aliphatic carbocycles. The first-order valence-corrected chi connectivity index (χ1v) is 4.01. The van der Waals surface area contributed by atoms with E-state index in [1.54, 1.807) is 0 Å². The number of nitrogens with two attached hydrogens (primary N) is 1. The summed E-state index contributed by atoms with van der Waals surface area (Å²) < 4.78 is 12.7. The smallest absolute Gasteiger partial charge is 0.332 e. The standard InChI is InChI=1S/C8H7ClFN3O/c9-7-2-1-6(10)3-5(7)4-12-13-8(11)14/h1-4H,(H3,11,13,14). The molecule has 0 unspecified atom stereocenters. The first-order chi connectivity index (χ1) is 6.59. The number of rotatable bonds is 2. The predicted molar refractivity (Wildman–Crippen MR) is 51.7 cm³/mol. The number of hydrazone groups is 1. The zero-order chi connectivity index (χ0) is 10.6. The number of urea groups is 1. The fourth-order valence-corrected chi connectivity index (χ4v) is 0.945. The minimum absolute atomic E-state index is 0.335. The fraction of sp³-hybridized carbons (Fsp3) is 0. The van der Waals surface area contributed by atoms with E-state index in [2.05, 4.69) is 5.10 Å². The van der Waals surface area contributed by atoms with Gasteiger partial charge in [-0.2, -0.15) is 5.10 Å². The Balaban J connectivity index is 2.80. The van der Waals surface area contributed by atoms with E-state index >= 15 is 0 Å². The summed E-state index contributed by atoms with van der Waals surface area (Å²) in [5, 5.41) is 3.78. The number of carbonyl (C=O) groups is 1. The van der Waals surface area contributed by atoms with Gasteiger partial charge in [0.2, 0.25) is 0 Å². The summed E-state index contributed by atoms with van der Waals surface area (Å²) in [6.45, 7) is 0. The normalized spacial score (nSPS) is 10.4. The molecule has 0 radical (unpaired) electrons. The number of primary amides is 1. The minimum atomic E-state index is -0.797. The van der Waals surface area contributed by atoms with Crippen molar-refractivity contribution in [3.05, 3.63) is 34.6 Å². The van der Waals surface area contributed by atoms with Crippen LogP contribution in [-0.4, -0.2) is 12.2 Å². The molecule has 0 saturated carbocycles. The Kier molecular flexibility index (Phi) is 3.41. The van der Waals surface area contributed by atoms with Crippen molar-refractivity contribution in [2.75, 3.05) is 0 Å².